The van der Waals surface area contributed by atoms with Crippen LogP contribution in [0.2, 0.25) is 0 Å². The Kier molecular flexibility index (Phi) is 4.17. The second-order valence-electron chi connectivity index (χ2n) is 7.72. The van der Waals surface area contributed by atoms with Crippen molar-refractivity contribution >= 4 is 23.4 Å². The Morgan fingerprint density at radius 3 is 2.27 bits per heavy atom. The van der Waals surface area contributed by atoms with Crippen LogP contribution < -0.4 is 5.32 Å². The maximum atomic E-state index is 12.7. The molecule has 1 N–H and O–H groups in total. The van der Waals surface area contributed by atoms with Crippen molar-refractivity contribution in [2.24, 2.45) is 23.7 Å². The molecule has 0 spiro atoms. The van der Waals surface area contributed by atoms with Crippen LogP contribution in [0, 0.1) is 37.5 Å². The molecule has 0 aromatic heterocycles. The first-order chi connectivity index (χ1) is 12.5. The molecule has 5 rings (SSSR count). The summed E-state index contributed by atoms with van der Waals surface area (Å²) in [5, 5.41) is 2.90. The smallest absolute Gasteiger partial charge is 0.233 e. The first kappa shape index (κ1) is 17.0. The van der Waals surface area contributed by atoms with Crippen molar-refractivity contribution in [2.75, 3.05) is 11.9 Å². The predicted molar refractivity (Wildman–Crippen MR) is 98.2 cm³/mol. The number of benzene rings is 1. The minimum Gasteiger partial charge on any atom is -0.326 e. The van der Waals surface area contributed by atoms with E-state index in [0.29, 0.717) is 0 Å². The van der Waals surface area contributed by atoms with Gasteiger partial charge in [-0.3, -0.25) is 19.3 Å². The van der Waals surface area contributed by atoms with Crippen LogP contribution in [0.5, 0.6) is 0 Å². The molecule has 4 atom stereocenters. The maximum absolute atomic E-state index is 12.7. The number of fused-ring (bicyclic) bond motifs is 1. The summed E-state index contributed by atoms with van der Waals surface area (Å²) in [6.07, 6.45) is 6.33. The molecule has 1 heterocycles. The maximum Gasteiger partial charge on any atom is 0.233 e. The third-order valence-electron chi connectivity index (χ3n) is 6.29. The average Bonchev–Trinajstić information content (AvgIpc) is 2.91. The molecule has 1 saturated carbocycles. The molecular weight excluding hydrogens is 328 g/mol. The molecule has 136 valence electrons. The Morgan fingerprint density at radius 1 is 1.08 bits per heavy atom. The molecule has 3 amide bonds. The van der Waals surface area contributed by atoms with Gasteiger partial charge in [0.1, 0.15) is 0 Å². The van der Waals surface area contributed by atoms with E-state index in [1.165, 1.54) is 4.90 Å². The summed E-state index contributed by atoms with van der Waals surface area (Å²) in [6.45, 7) is 4.13. The number of aryl methyl sites for hydroxylation is 1. The second-order valence-corrected chi connectivity index (χ2v) is 7.72. The Morgan fingerprint density at radius 2 is 1.69 bits per heavy atom. The lowest BCUT2D eigenvalue weighted by Gasteiger charge is -2.38. The highest BCUT2D eigenvalue weighted by Crippen LogP contribution is 2.49. The fraction of sp³-hybridized carbons (Fsp3) is 0.476. The predicted octanol–water partition coefficient (Wildman–Crippen LogP) is 2.83. The van der Waals surface area contributed by atoms with Crippen molar-refractivity contribution in [3.05, 3.63) is 41.5 Å². The van der Waals surface area contributed by atoms with Gasteiger partial charge in [-0.25, -0.2) is 0 Å². The number of hydrogen-bond donors (Lipinski definition) is 1. The van der Waals surface area contributed by atoms with Crippen molar-refractivity contribution in [2.45, 2.75) is 33.1 Å². The number of nitrogens with one attached hydrogen (secondary N) is 1. The first-order valence-corrected chi connectivity index (χ1v) is 9.37. The number of hydrogen-bond acceptors (Lipinski definition) is 3. The van der Waals surface area contributed by atoms with Crippen LogP contribution in [-0.4, -0.2) is 29.2 Å². The highest BCUT2D eigenvalue weighted by atomic mass is 16.2. The van der Waals surface area contributed by atoms with Gasteiger partial charge in [-0.15, -0.1) is 0 Å². The van der Waals surface area contributed by atoms with E-state index in [9.17, 15) is 14.4 Å². The third-order valence-corrected chi connectivity index (χ3v) is 6.29. The minimum atomic E-state index is -0.201. The Labute approximate surface area is 153 Å². The standard InChI is InChI=1S/C21H24N2O3/c1-12-4-3-5-16(13(12)2)22-17(24)10-11-23-20(25)18-14-6-7-15(9-8-14)19(18)21(23)26/h3-7,14-15,18-19H,8-11H2,1-2H3,(H,22,24). The van der Waals surface area contributed by atoms with Gasteiger partial charge in [0.2, 0.25) is 17.7 Å². The van der Waals surface area contributed by atoms with Gasteiger partial charge >= 0.3 is 0 Å². The fourth-order valence-electron chi connectivity index (χ4n) is 4.67. The molecule has 0 radical (unpaired) electrons. The van der Waals surface area contributed by atoms with Gasteiger partial charge in [-0.2, -0.15) is 0 Å². The van der Waals surface area contributed by atoms with E-state index < -0.39 is 0 Å². The lowest BCUT2D eigenvalue weighted by atomic mass is 9.63. The molecule has 5 heteroatoms. The van der Waals surface area contributed by atoms with E-state index >= 15 is 0 Å². The van der Waals surface area contributed by atoms with Crippen LogP contribution in [0.4, 0.5) is 5.69 Å². The number of rotatable bonds is 4. The fourth-order valence-corrected chi connectivity index (χ4v) is 4.67. The average molecular weight is 352 g/mol. The van der Waals surface area contributed by atoms with E-state index in [1.807, 2.05) is 32.0 Å². The van der Waals surface area contributed by atoms with Gasteiger partial charge in [0, 0.05) is 18.7 Å². The number of anilines is 1. The third kappa shape index (κ3) is 2.66. The van der Waals surface area contributed by atoms with E-state index in [2.05, 4.69) is 17.5 Å². The zero-order valence-electron chi connectivity index (χ0n) is 15.2. The van der Waals surface area contributed by atoms with Gasteiger partial charge in [0.25, 0.3) is 0 Å². The molecule has 1 aromatic rings. The molecular formula is C21H24N2O3. The highest BCUT2D eigenvalue weighted by Gasteiger charge is 2.56. The molecule has 26 heavy (non-hydrogen) atoms. The number of carbonyl (C=O) groups excluding carboxylic acids is 3. The van der Waals surface area contributed by atoms with E-state index in [-0.39, 0.29) is 54.4 Å². The minimum absolute atomic E-state index is 0.0846. The summed E-state index contributed by atoms with van der Waals surface area (Å²) in [5.41, 5.74) is 2.92. The van der Waals surface area contributed by atoms with Crippen molar-refractivity contribution < 1.29 is 14.4 Å². The van der Waals surface area contributed by atoms with Gasteiger partial charge in [-0.1, -0.05) is 24.3 Å². The summed E-state index contributed by atoms with van der Waals surface area (Å²) in [7, 11) is 0. The molecule has 3 aliphatic carbocycles. The van der Waals surface area contributed by atoms with E-state index in [1.54, 1.807) is 0 Å². The van der Waals surface area contributed by atoms with Crippen LogP contribution in [-0.2, 0) is 14.4 Å². The molecule has 5 nitrogen and oxygen atoms in total. The number of carbonyl (C=O) groups is 3. The number of amides is 3. The zero-order valence-corrected chi connectivity index (χ0v) is 15.2. The van der Waals surface area contributed by atoms with Gasteiger partial charge in [0.05, 0.1) is 11.8 Å². The summed E-state index contributed by atoms with van der Waals surface area (Å²) in [6, 6.07) is 5.76. The van der Waals surface area contributed by atoms with Crippen molar-refractivity contribution in [1.82, 2.24) is 4.90 Å². The molecule has 4 aliphatic rings. The molecule has 1 saturated heterocycles. The number of allylic oxidation sites excluding steroid dienone is 2. The largest absolute Gasteiger partial charge is 0.326 e. The molecule has 1 aromatic carbocycles. The van der Waals surface area contributed by atoms with Crippen molar-refractivity contribution in [3.8, 4) is 0 Å². The quantitative estimate of drug-likeness (QED) is 0.669. The monoisotopic (exact) mass is 352 g/mol. The number of nitrogens with zero attached hydrogens (tertiary/aromatic N) is 1. The second kappa shape index (κ2) is 6.38. The van der Waals surface area contributed by atoms with E-state index in [0.717, 1.165) is 29.7 Å². The SMILES string of the molecule is Cc1cccc(NC(=O)CCN2C(=O)C3C4C=CC(CC4)C3C2=O)c1C. The molecule has 4 unspecified atom stereocenters. The topological polar surface area (TPSA) is 66.5 Å². The van der Waals surface area contributed by atoms with Crippen LogP contribution in [0.1, 0.15) is 30.4 Å². The van der Waals surface area contributed by atoms with E-state index in [4.69, 9.17) is 0 Å². The molecule has 2 fully saturated rings. The van der Waals surface area contributed by atoms with Gasteiger partial charge in [-0.05, 0) is 55.7 Å². The first-order valence-electron chi connectivity index (χ1n) is 9.37. The molecule has 1 aliphatic heterocycles. The number of imide groups is 1. The Hall–Kier alpha value is -2.43. The van der Waals surface area contributed by atoms with Crippen molar-refractivity contribution in [3.63, 3.8) is 0 Å². The van der Waals surface area contributed by atoms with Crippen LogP contribution in [0.3, 0.4) is 0 Å². The highest BCUT2D eigenvalue weighted by molar-refractivity contribution is 6.06. The Balaban J connectivity index is 1.41. The summed E-state index contributed by atoms with van der Waals surface area (Å²) < 4.78 is 0. The zero-order chi connectivity index (χ0) is 18.4. The summed E-state index contributed by atoms with van der Waals surface area (Å²) in [4.78, 5) is 39.2. The van der Waals surface area contributed by atoms with Crippen LogP contribution in [0.15, 0.2) is 30.4 Å². The summed E-state index contributed by atoms with van der Waals surface area (Å²) >= 11 is 0. The normalized spacial score (nSPS) is 29.2. The van der Waals surface area contributed by atoms with Crippen molar-refractivity contribution in [1.29, 1.82) is 0 Å². The Bertz CT molecular complexity index is 781. The number of likely N-dealkylation sites (tertiary alicyclic amines) is 1. The van der Waals surface area contributed by atoms with Crippen LogP contribution >= 0.6 is 0 Å². The lowest BCUT2D eigenvalue weighted by Crippen LogP contribution is -2.38. The van der Waals surface area contributed by atoms with Gasteiger partial charge in [0.15, 0.2) is 0 Å². The summed E-state index contributed by atoms with van der Waals surface area (Å²) in [5.74, 6) is -0.362. The van der Waals surface area contributed by atoms with Gasteiger partial charge < -0.3 is 5.32 Å². The molecule has 2 bridgehead atoms. The van der Waals surface area contributed by atoms with Crippen LogP contribution in [0.25, 0.3) is 0 Å². The lowest BCUT2D eigenvalue weighted by molar-refractivity contribution is -0.140.